The summed E-state index contributed by atoms with van der Waals surface area (Å²) >= 11 is 0. The van der Waals surface area contributed by atoms with Crippen molar-refractivity contribution < 1.29 is 9.59 Å². The zero-order valence-corrected chi connectivity index (χ0v) is 12.4. The molecule has 2 saturated carbocycles. The van der Waals surface area contributed by atoms with Crippen LogP contribution in [0.4, 0.5) is 0 Å². The summed E-state index contributed by atoms with van der Waals surface area (Å²) in [7, 11) is 0. The molecule has 112 valence electrons. The van der Waals surface area contributed by atoms with Crippen molar-refractivity contribution in [2.45, 2.75) is 70.4 Å². The first kappa shape index (κ1) is 13.9. The highest BCUT2D eigenvalue weighted by molar-refractivity contribution is 5.90. The summed E-state index contributed by atoms with van der Waals surface area (Å²) in [5.41, 5.74) is 0. The quantitative estimate of drug-likeness (QED) is 0.859. The molecule has 0 bridgehead atoms. The van der Waals surface area contributed by atoms with E-state index < -0.39 is 0 Å². The van der Waals surface area contributed by atoms with E-state index in [9.17, 15) is 9.59 Å². The number of carbonyl (C=O) groups excluding carboxylic acids is 2. The van der Waals surface area contributed by atoms with E-state index in [1.165, 1.54) is 32.1 Å². The maximum absolute atomic E-state index is 12.9. The third kappa shape index (κ3) is 2.99. The van der Waals surface area contributed by atoms with E-state index in [-0.39, 0.29) is 23.9 Å². The Bertz CT molecular complexity index is 386. The first-order chi connectivity index (χ1) is 9.65. The van der Waals surface area contributed by atoms with Crippen molar-refractivity contribution in [3.63, 3.8) is 0 Å². The molecule has 2 aliphatic carbocycles. The second kappa shape index (κ2) is 5.74. The van der Waals surface area contributed by atoms with Crippen molar-refractivity contribution in [1.29, 1.82) is 0 Å². The third-order valence-electron chi connectivity index (χ3n) is 5.15. The minimum Gasteiger partial charge on any atom is -0.344 e. The van der Waals surface area contributed by atoms with Crippen LogP contribution in [0.2, 0.25) is 0 Å². The Balaban J connectivity index is 1.75. The summed E-state index contributed by atoms with van der Waals surface area (Å²) < 4.78 is 0. The highest BCUT2D eigenvalue weighted by Crippen LogP contribution is 2.33. The Hall–Kier alpha value is -1.06. The lowest BCUT2D eigenvalue weighted by Gasteiger charge is -2.33. The molecule has 3 fully saturated rings. The second-order valence-electron chi connectivity index (χ2n) is 6.93. The van der Waals surface area contributed by atoms with Crippen LogP contribution in [-0.2, 0) is 9.59 Å². The van der Waals surface area contributed by atoms with Gasteiger partial charge in [-0.2, -0.15) is 0 Å². The van der Waals surface area contributed by atoms with Gasteiger partial charge in [-0.1, -0.05) is 19.3 Å². The molecule has 20 heavy (non-hydrogen) atoms. The summed E-state index contributed by atoms with van der Waals surface area (Å²) in [6.07, 6.45) is 8.78. The van der Waals surface area contributed by atoms with Crippen molar-refractivity contribution in [3.8, 4) is 0 Å². The average Bonchev–Trinajstić information content (AvgIpc) is 3.26. The van der Waals surface area contributed by atoms with E-state index in [1.807, 2.05) is 11.8 Å². The molecule has 2 unspecified atom stereocenters. The van der Waals surface area contributed by atoms with Gasteiger partial charge in [-0.25, -0.2) is 0 Å². The van der Waals surface area contributed by atoms with Gasteiger partial charge >= 0.3 is 0 Å². The molecule has 3 rings (SSSR count). The summed E-state index contributed by atoms with van der Waals surface area (Å²) in [6.45, 7) is 2.88. The lowest BCUT2D eigenvalue weighted by molar-refractivity contribution is -0.137. The van der Waals surface area contributed by atoms with Crippen LogP contribution >= 0.6 is 0 Å². The van der Waals surface area contributed by atoms with E-state index in [1.54, 1.807) is 0 Å². The van der Waals surface area contributed by atoms with Gasteiger partial charge in [0.05, 0.1) is 0 Å². The number of carbonyl (C=O) groups is 2. The number of rotatable bonds is 3. The van der Waals surface area contributed by atoms with Crippen molar-refractivity contribution >= 4 is 11.8 Å². The van der Waals surface area contributed by atoms with Gasteiger partial charge in [0.1, 0.15) is 6.04 Å². The fraction of sp³-hybridized carbons (Fsp3) is 0.875. The van der Waals surface area contributed by atoms with Crippen LogP contribution in [0, 0.1) is 11.8 Å². The fourth-order valence-electron chi connectivity index (χ4n) is 3.70. The van der Waals surface area contributed by atoms with Crippen LogP contribution in [0.5, 0.6) is 0 Å². The molecule has 0 aromatic carbocycles. The third-order valence-corrected chi connectivity index (χ3v) is 5.15. The molecule has 0 aromatic rings. The van der Waals surface area contributed by atoms with Gasteiger partial charge in [0, 0.05) is 19.0 Å². The van der Waals surface area contributed by atoms with Gasteiger partial charge in [-0.05, 0) is 44.4 Å². The van der Waals surface area contributed by atoms with Crippen LogP contribution in [0.15, 0.2) is 0 Å². The molecule has 4 nitrogen and oxygen atoms in total. The molecular weight excluding hydrogens is 252 g/mol. The molecule has 2 atom stereocenters. The number of nitrogens with zero attached hydrogens (tertiary/aromatic N) is 1. The Morgan fingerprint density at radius 2 is 1.80 bits per heavy atom. The lowest BCUT2D eigenvalue weighted by atomic mass is 9.83. The van der Waals surface area contributed by atoms with E-state index in [0.717, 1.165) is 19.4 Å². The molecule has 1 heterocycles. The molecule has 0 spiro atoms. The van der Waals surface area contributed by atoms with Crippen molar-refractivity contribution in [3.05, 3.63) is 0 Å². The van der Waals surface area contributed by atoms with Crippen molar-refractivity contribution in [2.24, 2.45) is 11.8 Å². The van der Waals surface area contributed by atoms with E-state index in [2.05, 4.69) is 5.32 Å². The average molecular weight is 278 g/mol. The molecular formula is C16H26N2O2. The van der Waals surface area contributed by atoms with Gasteiger partial charge in [0.2, 0.25) is 11.8 Å². The molecule has 0 aromatic heterocycles. The highest BCUT2D eigenvalue weighted by atomic mass is 16.2. The van der Waals surface area contributed by atoms with Gasteiger partial charge in [0.15, 0.2) is 0 Å². The number of hydrogen-bond acceptors (Lipinski definition) is 2. The van der Waals surface area contributed by atoms with Crippen molar-refractivity contribution in [2.75, 3.05) is 6.54 Å². The van der Waals surface area contributed by atoms with Gasteiger partial charge < -0.3 is 10.2 Å². The van der Waals surface area contributed by atoms with Gasteiger partial charge in [-0.15, -0.1) is 0 Å². The summed E-state index contributed by atoms with van der Waals surface area (Å²) in [4.78, 5) is 26.9. The topological polar surface area (TPSA) is 49.4 Å². The Kier molecular flexibility index (Phi) is 3.99. The largest absolute Gasteiger partial charge is 0.344 e. The zero-order chi connectivity index (χ0) is 14.1. The van der Waals surface area contributed by atoms with E-state index in [0.29, 0.717) is 18.3 Å². The smallest absolute Gasteiger partial charge is 0.245 e. The number of nitrogens with one attached hydrogen (secondary N) is 1. The maximum Gasteiger partial charge on any atom is 0.245 e. The summed E-state index contributed by atoms with van der Waals surface area (Å²) in [5.74, 6) is 1.27. The van der Waals surface area contributed by atoms with Gasteiger partial charge in [-0.3, -0.25) is 9.59 Å². The predicted molar refractivity (Wildman–Crippen MR) is 77.0 cm³/mol. The lowest BCUT2D eigenvalue weighted by Crippen LogP contribution is -2.51. The first-order valence-corrected chi connectivity index (χ1v) is 8.25. The maximum atomic E-state index is 12.9. The molecule has 3 aliphatic rings. The molecule has 1 aliphatic heterocycles. The molecule has 2 amide bonds. The molecule has 0 radical (unpaired) electrons. The standard InChI is InChI=1S/C16H26N2O2/c1-11-9-14(19)17-15(13-5-3-2-4-6-13)16(20)18(11)10-12-7-8-12/h11-13,15H,2-10H2,1H3,(H,17,19). The minimum absolute atomic E-state index is 0.0525. The van der Waals surface area contributed by atoms with E-state index >= 15 is 0 Å². The Morgan fingerprint density at radius 3 is 2.45 bits per heavy atom. The second-order valence-corrected chi connectivity index (χ2v) is 6.93. The first-order valence-electron chi connectivity index (χ1n) is 8.25. The van der Waals surface area contributed by atoms with Crippen LogP contribution in [-0.4, -0.2) is 35.3 Å². The summed E-state index contributed by atoms with van der Waals surface area (Å²) in [6, 6.07) is -0.205. The highest BCUT2D eigenvalue weighted by Gasteiger charge is 2.40. The van der Waals surface area contributed by atoms with Crippen LogP contribution < -0.4 is 5.32 Å². The molecule has 4 heteroatoms. The van der Waals surface area contributed by atoms with Crippen LogP contribution in [0.1, 0.15) is 58.3 Å². The Morgan fingerprint density at radius 1 is 1.10 bits per heavy atom. The zero-order valence-electron chi connectivity index (χ0n) is 12.4. The fourth-order valence-corrected chi connectivity index (χ4v) is 3.70. The number of hydrogen-bond donors (Lipinski definition) is 1. The van der Waals surface area contributed by atoms with Crippen LogP contribution in [0.3, 0.4) is 0 Å². The summed E-state index contributed by atoms with van der Waals surface area (Å²) in [5, 5.41) is 3.02. The predicted octanol–water partition coefficient (Wildman–Crippen LogP) is 2.08. The van der Waals surface area contributed by atoms with Crippen molar-refractivity contribution in [1.82, 2.24) is 10.2 Å². The minimum atomic E-state index is -0.258. The normalized spacial score (nSPS) is 33.0. The van der Waals surface area contributed by atoms with Crippen LogP contribution in [0.25, 0.3) is 0 Å². The van der Waals surface area contributed by atoms with Gasteiger partial charge in [0.25, 0.3) is 0 Å². The monoisotopic (exact) mass is 278 g/mol. The molecule has 1 saturated heterocycles. The SMILES string of the molecule is CC1CC(=O)NC(C2CCCCC2)C(=O)N1CC1CC1. The molecule has 1 N–H and O–H groups in total. The Labute approximate surface area is 121 Å². The van der Waals surface area contributed by atoms with E-state index in [4.69, 9.17) is 0 Å². The number of amides is 2.